The minimum absolute atomic E-state index is 0.0654. The van der Waals surface area contributed by atoms with Gasteiger partial charge in [0.05, 0.1) is 11.0 Å². The van der Waals surface area contributed by atoms with Gasteiger partial charge in [0.15, 0.2) is 5.96 Å². The quantitative estimate of drug-likeness (QED) is 0.281. The van der Waals surface area contributed by atoms with Crippen molar-refractivity contribution in [1.29, 1.82) is 0 Å². The summed E-state index contributed by atoms with van der Waals surface area (Å²) in [6.07, 6.45) is 2.68. The summed E-state index contributed by atoms with van der Waals surface area (Å²) in [4.78, 5) is 31.2. The van der Waals surface area contributed by atoms with Gasteiger partial charge in [-0.2, -0.15) is 4.72 Å². The number of aliphatic carboxylic acids is 1. The molecule has 216 valence electrons. The minimum atomic E-state index is -4.08. The number of piperidine rings is 1. The number of methoxy groups -OCH3 is 1. The van der Waals surface area contributed by atoms with Crippen LogP contribution in [0.3, 0.4) is 0 Å². The smallest absolute Gasteiger partial charge is 0.323 e. The van der Waals surface area contributed by atoms with Crippen LogP contribution in [0.1, 0.15) is 36.5 Å². The van der Waals surface area contributed by atoms with Gasteiger partial charge < -0.3 is 30.7 Å². The first-order chi connectivity index (χ1) is 19.1. The van der Waals surface area contributed by atoms with Crippen LogP contribution in [-0.2, 0) is 19.6 Å². The first kappa shape index (κ1) is 29.3. The zero-order valence-electron chi connectivity index (χ0n) is 22.6. The number of nitrogens with one attached hydrogen (secondary N) is 4. The molecule has 2 aromatic rings. The Morgan fingerprint density at radius 2 is 1.90 bits per heavy atom. The molecule has 2 aliphatic heterocycles. The highest BCUT2D eigenvalue weighted by molar-refractivity contribution is 7.89. The van der Waals surface area contributed by atoms with Gasteiger partial charge in [-0.25, -0.2) is 8.42 Å². The number of nitrogens with zero attached hydrogens (tertiary/aromatic N) is 2. The van der Waals surface area contributed by atoms with E-state index < -0.39 is 40.1 Å². The molecule has 0 aliphatic carbocycles. The van der Waals surface area contributed by atoms with E-state index >= 15 is 0 Å². The van der Waals surface area contributed by atoms with Crippen molar-refractivity contribution in [3.05, 3.63) is 60.2 Å². The molecule has 40 heavy (non-hydrogen) atoms. The molecular weight excluding hydrogens is 536 g/mol. The molecule has 1 fully saturated rings. The SMILES string of the molecule is CO[C@@H]1CCCN(c2ccc(C(=O)NC[C@H](NS(=O)(=O)c3ccccc3)C(=O)O)cc2)[C@@]1(C)NC1=NCCCN1. The summed E-state index contributed by atoms with van der Waals surface area (Å²) in [6, 6.07) is 12.9. The predicted molar refractivity (Wildman–Crippen MR) is 151 cm³/mol. The van der Waals surface area contributed by atoms with E-state index in [4.69, 9.17) is 4.74 Å². The Morgan fingerprint density at radius 3 is 2.52 bits per heavy atom. The number of hydrogen-bond donors (Lipinski definition) is 5. The summed E-state index contributed by atoms with van der Waals surface area (Å²) in [5.74, 6) is -1.20. The van der Waals surface area contributed by atoms with Crippen LogP contribution in [0.15, 0.2) is 64.5 Å². The van der Waals surface area contributed by atoms with Gasteiger partial charge in [0.1, 0.15) is 11.7 Å². The van der Waals surface area contributed by atoms with Crippen molar-refractivity contribution in [1.82, 2.24) is 20.7 Å². The molecule has 4 rings (SSSR count). The van der Waals surface area contributed by atoms with Crippen LogP contribution in [0, 0.1) is 0 Å². The minimum Gasteiger partial charge on any atom is -0.480 e. The molecular formula is C27H36N6O6S. The molecule has 2 aromatic carbocycles. The Morgan fingerprint density at radius 1 is 1.18 bits per heavy atom. The molecule has 5 N–H and O–H groups in total. The second-order valence-corrected chi connectivity index (χ2v) is 11.6. The number of anilines is 1. The lowest BCUT2D eigenvalue weighted by atomic mass is 9.92. The molecule has 0 bridgehead atoms. The summed E-state index contributed by atoms with van der Waals surface area (Å²) in [5.41, 5.74) is 0.598. The predicted octanol–water partition coefficient (Wildman–Crippen LogP) is 1.12. The zero-order valence-corrected chi connectivity index (χ0v) is 23.4. The van der Waals surface area contributed by atoms with Gasteiger partial charge in [-0.3, -0.25) is 14.6 Å². The number of sulfonamides is 1. The van der Waals surface area contributed by atoms with E-state index in [9.17, 15) is 23.1 Å². The first-order valence-corrected chi connectivity index (χ1v) is 14.7. The number of carboxylic acids is 1. The second kappa shape index (κ2) is 12.7. The largest absolute Gasteiger partial charge is 0.480 e. The van der Waals surface area contributed by atoms with Gasteiger partial charge in [0.2, 0.25) is 10.0 Å². The number of hydrogen-bond acceptors (Lipinski definition) is 9. The maximum Gasteiger partial charge on any atom is 0.323 e. The van der Waals surface area contributed by atoms with Crippen molar-refractivity contribution in [2.45, 2.75) is 48.9 Å². The number of benzene rings is 2. The maximum absolute atomic E-state index is 12.8. The lowest BCUT2D eigenvalue weighted by Gasteiger charge is -2.51. The first-order valence-electron chi connectivity index (χ1n) is 13.2. The van der Waals surface area contributed by atoms with Gasteiger partial charge >= 0.3 is 5.97 Å². The highest BCUT2D eigenvalue weighted by atomic mass is 32.2. The van der Waals surface area contributed by atoms with Crippen LogP contribution in [-0.4, -0.2) is 82.5 Å². The molecule has 0 radical (unpaired) electrons. The molecule has 2 heterocycles. The van der Waals surface area contributed by atoms with Crippen molar-refractivity contribution >= 4 is 33.5 Å². The molecule has 12 nitrogen and oxygen atoms in total. The average Bonchev–Trinajstić information content (AvgIpc) is 2.96. The lowest BCUT2D eigenvalue weighted by molar-refractivity contribution is -0.138. The van der Waals surface area contributed by atoms with Gasteiger partial charge in [-0.15, -0.1) is 0 Å². The number of aliphatic imine (C=N–C) groups is 1. The van der Waals surface area contributed by atoms with E-state index in [-0.39, 0.29) is 11.0 Å². The fraction of sp³-hybridized carbons (Fsp3) is 0.444. The van der Waals surface area contributed by atoms with Crippen LogP contribution in [0.4, 0.5) is 5.69 Å². The van der Waals surface area contributed by atoms with Gasteiger partial charge in [-0.1, -0.05) is 18.2 Å². The number of carbonyl (C=O) groups excluding carboxylic acids is 1. The Hall–Kier alpha value is -3.68. The van der Waals surface area contributed by atoms with E-state index in [0.717, 1.165) is 50.5 Å². The molecule has 0 saturated carbocycles. The van der Waals surface area contributed by atoms with Crippen LogP contribution in [0.2, 0.25) is 0 Å². The van der Waals surface area contributed by atoms with E-state index in [2.05, 4.69) is 37.5 Å². The van der Waals surface area contributed by atoms with E-state index in [0.29, 0.717) is 5.56 Å². The molecule has 0 spiro atoms. The molecule has 0 unspecified atom stereocenters. The zero-order chi connectivity index (χ0) is 28.8. The number of ether oxygens (including phenoxy) is 1. The number of amides is 1. The molecule has 13 heteroatoms. The van der Waals surface area contributed by atoms with Gasteiger partial charge in [0, 0.05) is 44.5 Å². The standard InChI is InChI=1S/C27H36N6O6S/c1-27(31-26-28-15-7-16-29-26)23(39-2)10-6-17-33(27)20-13-11-19(12-14-20)24(34)30-18-22(25(35)36)32-40(37,38)21-8-4-3-5-9-21/h3-5,8-9,11-14,22-23,32H,6-7,10,15-18H2,1-2H3,(H,30,34)(H,35,36)(H2,28,29,31)/t22-,23+,27+/m0/s1. The molecule has 1 saturated heterocycles. The monoisotopic (exact) mass is 572 g/mol. The third-order valence-electron chi connectivity index (χ3n) is 7.15. The van der Waals surface area contributed by atoms with Crippen molar-refractivity contribution in [2.75, 3.05) is 38.2 Å². The fourth-order valence-electron chi connectivity index (χ4n) is 4.99. The molecule has 3 atom stereocenters. The highest BCUT2D eigenvalue weighted by Crippen LogP contribution is 2.33. The van der Waals surface area contributed by atoms with Crippen molar-refractivity contribution in [3.63, 3.8) is 0 Å². The summed E-state index contributed by atoms with van der Waals surface area (Å²) < 4.78 is 33.1. The van der Waals surface area contributed by atoms with Crippen LogP contribution in [0.25, 0.3) is 0 Å². The lowest BCUT2D eigenvalue weighted by Crippen LogP contribution is -2.70. The normalized spacial score (nSPS) is 22.0. The molecule has 0 aromatic heterocycles. The van der Waals surface area contributed by atoms with Crippen LogP contribution in [0.5, 0.6) is 0 Å². The van der Waals surface area contributed by atoms with E-state index in [1.54, 1.807) is 25.3 Å². The third kappa shape index (κ3) is 6.72. The summed E-state index contributed by atoms with van der Waals surface area (Å²) in [6.45, 7) is 4.01. The maximum atomic E-state index is 12.8. The Labute approximate surface area is 234 Å². The number of carboxylic acid groups (broad SMARTS) is 1. The molecule has 2 aliphatic rings. The topological polar surface area (TPSA) is 161 Å². The highest BCUT2D eigenvalue weighted by Gasteiger charge is 2.44. The Balaban J connectivity index is 1.44. The Bertz CT molecular complexity index is 1320. The van der Waals surface area contributed by atoms with Gasteiger partial charge in [-0.05, 0) is 62.6 Å². The summed E-state index contributed by atoms with van der Waals surface area (Å²) in [7, 11) is -2.38. The number of guanidine groups is 1. The van der Waals surface area contributed by atoms with E-state index in [1.165, 1.54) is 24.3 Å². The second-order valence-electron chi connectivity index (χ2n) is 9.88. The van der Waals surface area contributed by atoms with Crippen LogP contribution < -0.4 is 25.6 Å². The molecule has 1 amide bonds. The summed E-state index contributed by atoms with van der Waals surface area (Å²) >= 11 is 0. The number of rotatable bonds is 10. The third-order valence-corrected chi connectivity index (χ3v) is 8.63. The Kier molecular flexibility index (Phi) is 9.28. The van der Waals surface area contributed by atoms with Crippen molar-refractivity contribution in [3.8, 4) is 0 Å². The fourth-order valence-corrected chi connectivity index (χ4v) is 6.20. The van der Waals surface area contributed by atoms with Crippen molar-refractivity contribution in [2.24, 2.45) is 4.99 Å². The van der Waals surface area contributed by atoms with E-state index in [1.807, 2.05) is 12.1 Å². The van der Waals surface area contributed by atoms with Crippen LogP contribution >= 0.6 is 0 Å². The van der Waals surface area contributed by atoms with Gasteiger partial charge in [0.25, 0.3) is 5.91 Å². The van der Waals surface area contributed by atoms with Crippen molar-refractivity contribution < 1.29 is 27.9 Å². The average molecular weight is 573 g/mol. The number of carbonyl (C=O) groups is 2. The summed E-state index contributed by atoms with van der Waals surface area (Å²) in [5, 5.41) is 18.9.